The Kier molecular flexibility index (Phi) is 3.57. The van der Waals surface area contributed by atoms with Crippen molar-refractivity contribution in [3.8, 4) is 0 Å². The van der Waals surface area contributed by atoms with Crippen molar-refractivity contribution in [1.29, 1.82) is 0 Å². The first kappa shape index (κ1) is 14.2. The van der Waals surface area contributed by atoms with E-state index in [1.54, 1.807) is 0 Å². The van der Waals surface area contributed by atoms with Crippen LogP contribution >= 0.6 is 0 Å². The molecule has 20 heavy (non-hydrogen) atoms. The summed E-state index contributed by atoms with van der Waals surface area (Å²) in [6.45, 7) is 0. The monoisotopic (exact) mass is 286 g/mol. The highest BCUT2D eigenvalue weighted by Crippen LogP contribution is 2.33. The number of ketones is 1. The number of halogens is 5. The van der Waals surface area contributed by atoms with Crippen molar-refractivity contribution in [2.75, 3.05) is 0 Å². The molecule has 2 aromatic carbocycles. The van der Waals surface area contributed by atoms with Gasteiger partial charge in [0.1, 0.15) is 11.6 Å². The Morgan fingerprint density at radius 1 is 0.900 bits per heavy atom. The molecule has 0 saturated carbocycles. The lowest BCUT2D eigenvalue weighted by molar-refractivity contribution is -0.137. The normalized spacial score (nSPS) is 11.4. The van der Waals surface area contributed by atoms with E-state index in [2.05, 4.69) is 0 Å². The number of carbonyl (C=O) groups is 1. The van der Waals surface area contributed by atoms with Crippen molar-refractivity contribution in [2.24, 2.45) is 0 Å². The lowest BCUT2D eigenvalue weighted by Crippen LogP contribution is -2.14. The molecule has 104 valence electrons. The molecule has 0 aromatic heterocycles. The van der Waals surface area contributed by atoms with E-state index in [0.29, 0.717) is 6.07 Å². The maximum Gasteiger partial charge on any atom is 0.417 e. The lowest BCUT2D eigenvalue weighted by Gasteiger charge is -2.12. The molecular weight excluding hydrogens is 279 g/mol. The summed E-state index contributed by atoms with van der Waals surface area (Å²) in [7, 11) is 0. The van der Waals surface area contributed by atoms with E-state index in [1.807, 2.05) is 0 Å². The zero-order chi connectivity index (χ0) is 14.9. The molecule has 0 bridgehead atoms. The number of carbonyl (C=O) groups excluding carboxylic acids is 1. The van der Waals surface area contributed by atoms with Crippen LogP contribution in [-0.4, -0.2) is 5.78 Å². The van der Waals surface area contributed by atoms with Gasteiger partial charge in [0.05, 0.1) is 11.1 Å². The van der Waals surface area contributed by atoms with Crippen LogP contribution in [0.15, 0.2) is 42.5 Å². The summed E-state index contributed by atoms with van der Waals surface area (Å²) >= 11 is 0. The van der Waals surface area contributed by atoms with Gasteiger partial charge in [0.25, 0.3) is 0 Å². The molecule has 0 unspecified atom stereocenters. The molecule has 0 amide bonds. The van der Waals surface area contributed by atoms with Crippen LogP contribution in [0.5, 0.6) is 0 Å². The summed E-state index contributed by atoms with van der Waals surface area (Å²) < 4.78 is 64.6. The van der Waals surface area contributed by atoms with Crippen molar-refractivity contribution in [2.45, 2.75) is 6.18 Å². The average molecular weight is 286 g/mol. The Morgan fingerprint density at radius 3 is 2.15 bits per heavy atom. The van der Waals surface area contributed by atoms with Crippen LogP contribution in [-0.2, 0) is 6.18 Å². The molecule has 0 N–H and O–H groups in total. The third-order valence-electron chi connectivity index (χ3n) is 2.65. The van der Waals surface area contributed by atoms with E-state index in [9.17, 15) is 26.7 Å². The van der Waals surface area contributed by atoms with E-state index in [-0.39, 0.29) is 0 Å². The van der Waals surface area contributed by atoms with Crippen LogP contribution in [0.25, 0.3) is 0 Å². The summed E-state index contributed by atoms with van der Waals surface area (Å²) in [6.07, 6.45) is -4.73. The van der Waals surface area contributed by atoms with E-state index >= 15 is 0 Å². The van der Waals surface area contributed by atoms with Gasteiger partial charge in [-0.2, -0.15) is 13.2 Å². The molecule has 0 heterocycles. The molecule has 1 nitrogen and oxygen atoms in total. The zero-order valence-corrected chi connectivity index (χ0v) is 9.84. The smallest absolute Gasteiger partial charge is 0.288 e. The first-order valence-electron chi connectivity index (χ1n) is 5.46. The van der Waals surface area contributed by atoms with E-state index in [1.165, 1.54) is 6.07 Å². The van der Waals surface area contributed by atoms with Crippen molar-refractivity contribution in [3.63, 3.8) is 0 Å². The first-order chi connectivity index (χ1) is 9.30. The van der Waals surface area contributed by atoms with Crippen molar-refractivity contribution in [3.05, 3.63) is 70.8 Å². The molecule has 0 radical (unpaired) electrons. The van der Waals surface area contributed by atoms with Crippen molar-refractivity contribution in [1.82, 2.24) is 0 Å². The van der Waals surface area contributed by atoms with Crippen LogP contribution in [0.2, 0.25) is 0 Å². The van der Waals surface area contributed by atoms with Gasteiger partial charge in [0.2, 0.25) is 0 Å². The molecule has 2 rings (SSSR count). The SMILES string of the molecule is O=C(c1ccc(F)cc1F)c1ccccc1C(F)(F)F. The molecule has 0 aliphatic heterocycles. The maximum atomic E-state index is 13.5. The standard InChI is InChI=1S/C14H7F5O/c15-8-5-6-10(12(16)7-8)13(20)9-3-1-2-4-11(9)14(17,18)19/h1-7H. The second-order valence-corrected chi connectivity index (χ2v) is 4.00. The predicted octanol–water partition coefficient (Wildman–Crippen LogP) is 4.21. The van der Waals surface area contributed by atoms with Gasteiger partial charge in [-0.05, 0) is 18.2 Å². The minimum Gasteiger partial charge on any atom is -0.288 e. The predicted molar refractivity (Wildman–Crippen MR) is 61.2 cm³/mol. The summed E-state index contributed by atoms with van der Waals surface area (Å²) in [5.41, 5.74) is -2.44. The molecule has 2 aromatic rings. The summed E-state index contributed by atoms with van der Waals surface area (Å²) in [5, 5.41) is 0. The number of alkyl halides is 3. The Bertz CT molecular complexity index is 661. The molecule has 0 aliphatic rings. The van der Waals surface area contributed by atoms with Crippen LogP contribution < -0.4 is 0 Å². The van der Waals surface area contributed by atoms with Gasteiger partial charge >= 0.3 is 6.18 Å². The minimum atomic E-state index is -4.73. The summed E-state index contributed by atoms with van der Waals surface area (Å²) in [4.78, 5) is 12.0. The minimum absolute atomic E-state index is 0.448. The van der Waals surface area contributed by atoms with Gasteiger partial charge in [-0.1, -0.05) is 18.2 Å². The third kappa shape index (κ3) is 2.68. The fraction of sp³-hybridized carbons (Fsp3) is 0.0714. The zero-order valence-electron chi connectivity index (χ0n) is 9.84. The molecule has 6 heteroatoms. The van der Waals surface area contributed by atoms with E-state index < -0.39 is 40.3 Å². The molecule has 0 fully saturated rings. The topological polar surface area (TPSA) is 17.1 Å². The maximum absolute atomic E-state index is 13.5. The van der Waals surface area contributed by atoms with Gasteiger partial charge in [-0.3, -0.25) is 4.79 Å². The van der Waals surface area contributed by atoms with Gasteiger partial charge < -0.3 is 0 Å². The highest BCUT2D eigenvalue weighted by molar-refractivity contribution is 6.10. The van der Waals surface area contributed by atoms with Crippen molar-refractivity contribution < 1.29 is 26.7 Å². The Morgan fingerprint density at radius 2 is 1.55 bits per heavy atom. The number of benzene rings is 2. The third-order valence-corrected chi connectivity index (χ3v) is 2.65. The van der Waals surface area contributed by atoms with Crippen LogP contribution in [0, 0.1) is 11.6 Å². The van der Waals surface area contributed by atoms with E-state index in [4.69, 9.17) is 0 Å². The average Bonchev–Trinajstić information content (AvgIpc) is 2.37. The van der Waals surface area contributed by atoms with Crippen molar-refractivity contribution >= 4 is 5.78 Å². The Hall–Kier alpha value is -2.24. The number of hydrogen-bond donors (Lipinski definition) is 0. The largest absolute Gasteiger partial charge is 0.417 e. The second-order valence-electron chi connectivity index (χ2n) is 4.00. The molecule has 0 atom stereocenters. The lowest BCUT2D eigenvalue weighted by atomic mass is 9.97. The highest BCUT2D eigenvalue weighted by atomic mass is 19.4. The summed E-state index contributed by atoms with van der Waals surface area (Å²) in [5.74, 6) is -3.26. The van der Waals surface area contributed by atoms with E-state index in [0.717, 1.165) is 30.3 Å². The quantitative estimate of drug-likeness (QED) is 0.597. The van der Waals surface area contributed by atoms with Crippen LogP contribution in [0.3, 0.4) is 0 Å². The molecule has 0 saturated heterocycles. The Balaban J connectivity index is 2.55. The Labute approximate surface area is 110 Å². The molecular formula is C14H7F5O. The number of rotatable bonds is 2. The fourth-order valence-electron chi connectivity index (χ4n) is 1.75. The van der Waals surface area contributed by atoms with Gasteiger partial charge in [0.15, 0.2) is 5.78 Å². The van der Waals surface area contributed by atoms with Gasteiger partial charge in [0, 0.05) is 11.6 Å². The first-order valence-corrected chi connectivity index (χ1v) is 5.46. The highest BCUT2D eigenvalue weighted by Gasteiger charge is 2.35. The van der Waals surface area contributed by atoms with Gasteiger partial charge in [-0.15, -0.1) is 0 Å². The van der Waals surface area contributed by atoms with Crippen LogP contribution in [0.1, 0.15) is 21.5 Å². The molecule has 0 aliphatic carbocycles. The number of hydrogen-bond acceptors (Lipinski definition) is 1. The van der Waals surface area contributed by atoms with Crippen LogP contribution in [0.4, 0.5) is 22.0 Å². The molecule has 0 spiro atoms. The second kappa shape index (κ2) is 5.03. The fourth-order valence-corrected chi connectivity index (χ4v) is 1.75. The van der Waals surface area contributed by atoms with Gasteiger partial charge in [-0.25, -0.2) is 8.78 Å². The summed E-state index contributed by atoms with van der Waals surface area (Å²) in [6, 6.07) is 6.13.